The number of carbonyl (C=O) groups is 2. The van der Waals surface area contributed by atoms with E-state index in [1.165, 1.54) is 34.6 Å². The number of benzene rings is 1. The summed E-state index contributed by atoms with van der Waals surface area (Å²) in [6, 6.07) is 3.89. The fourth-order valence-corrected chi connectivity index (χ4v) is 5.06. The highest BCUT2D eigenvalue weighted by Gasteiger charge is 2.45. The lowest BCUT2D eigenvalue weighted by atomic mass is 9.68. The predicted molar refractivity (Wildman–Crippen MR) is 112 cm³/mol. The molecule has 1 aliphatic heterocycles. The highest BCUT2D eigenvalue weighted by atomic mass is 35.5. The molecule has 1 aromatic carbocycles. The molecule has 0 amide bonds. The summed E-state index contributed by atoms with van der Waals surface area (Å²) in [5.74, 6) is -1.41. The number of aromatic nitrogens is 3. The molecule has 0 bridgehead atoms. The Morgan fingerprint density at radius 2 is 1.87 bits per heavy atom. The second-order valence-electron chi connectivity index (χ2n) is 8.02. The Hall–Kier alpha value is -3.39. The molecule has 0 spiro atoms. The number of allylic oxidation sites excluding steroid dienone is 6. The van der Waals surface area contributed by atoms with Crippen LogP contribution in [-0.4, -0.2) is 30.6 Å². The lowest BCUT2D eigenvalue weighted by Gasteiger charge is -2.39. The van der Waals surface area contributed by atoms with Crippen LogP contribution in [0.1, 0.15) is 30.9 Å². The average molecular weight is 440 g/mol. The quantitative estimate of drug-likeness (QED) is 0.538. The van der Waals surface area contributed by atoms with Crippen molar-refractivity contribution in [1.29, 1.82) is 0 Å². The van der Waals surface area contributed by atoms with Gasteiger partial charge in [-0.25, -0.2) is 23.5 Å². The lowest BCUT2D eigenvalue weighted by Crippen LogP contribution is -2.40. The summed E-state index contributed by atoms with van der Waals surface area (Å²) >= 11 is 6.19. The van der Waals surface area contributed by atoms with Gasteiger partial charge in [0.2, 0.25) is 0 Å². The molecule has 5 rings (SSSR count). The molecule has 3 aliphatic rings. The number of rotatable bonds is 1. The number of hydrogen-bond acceptors (Lipinski definition) is 5. The number of phenols is 1. The monoisotopic (exact) mass is 439 g/mol. The van der Waals surface area contributed by atoms with Crippen molar-refractivity contribution in [2.24, 2.45) is 7.05 Å². The summed E-state index contributed by atoms with van der Waals surface area (Å²) in [7, 11) is 1.40. The SMILES string of the molecule is CC1=CC(=O)C2=C(C[C@@H]3C(=CCn4c(=O)n(C)c(=O)n43)[C@@H]2c2cc(Cl)ccc2O)C1=O. The van der Waals surface area contributed by atoms with Gasteiger partial charge >= 0.3 is 11.4 Å². The molecule has 2 atom stereocenters. The third-order valence-corrected chi connectivity index (χ3v) is 6.56. The fourth-order valence-electron chi connectivity index (χ4n) is 4.88. The number of ketones is 2. The van der Waals surface area contributed by atoms with Crippen LogP contribution in [0.2, 0.25) is 5.02 Å². The van der Waals surface area contributed by atoms with Gasteiger partial charge in [0.05, 0.1) is 12.6 Å². The van der Waals surface area contributed by atoms with E-state index in [9.17, 15) is 24.3 Å². The van der Waals surface area contributed by atoms with Crippen LogP contribution < -0.4 is 11.4 Å². The molecule has 2 aromatic rings. The van der Waals surface area contributed by atoms with Gasteiger partial charge in [0, 0.05) is 46.7 Å². The van der Waals surface area contributed by atoms with E-state index >= 15 is 0 Å². The zero-order chi connectivity index (χ0) is 22.2. The maximum absolute atomic E-state index is 13.1. The van der Waals surface area contributed by atoms with Crippen LogP contribution >= 0.6 is 11.6 Å². The zero-order valence-corrected chi connectivity index (χ0v) is 17.5. The van der Waals surface area contributed by atoms with Crippen molar-refractivity contribution in [3.05, 3.63) is 84.2 Å². The average Bonchev–Trinajstić information content (AvgIpc) is 2.96. The summed E-state index contributed by atoms with van der Waals surface area (Å²) in [6.45, 7) is 1.71. The van der Waals surface area contributed by atoms with E-state index in [2.05, 4.69) is 0 Å². The lowest BCUT2D eigenvalue weighted by molar-refractivity contribution is -0.116. The molecule has 2 aliphatic carbocycles. The van der Waals surface area contributed by atoms with Gasteiger partial charge in [-0.3, -0.25) is 9.59 Å². The van der Waals surface area contributed by atoms with Crippen molar-refractivity contribution in [1.82, 2.24) is 13.9 Å². The molecule has 0 radical (unpaired) electrons. The molecule has 2 heterocycles. The van der Waals surface area contributed by atoms with Gasteiger partial charge in [0.1, 0.15) is 5.75 Å². The maximum atomic E-state index is 13.1. The molecular formula is C22H18ClN3O5. The molecule has 0 saturated carbocycles. The topological polar surface area (TPSA) is 103 Å². The van der Waals surface area contributed by atoms with E-state index in [-0.39, 0.29) is 35.9 Å². The maximum Gasteiger partial charge on any atom is 0.347 e. The molecule has 8 nitrogen and oxygen atoms in total. The van der Waals surface area contributed by atoms with E-state index in [1.54, 1.807) is 19.1 Å². The summed E-state index contributed by atoms with van der Waals surface area (Å²) in [6.07, 6.45) is 3.21. The minimum absolute atomic E-state index is 0.0716. The first-order chi connectivity index (χ1) is 14.7. The number of nitrogens with zero attached hydrogens (tertiary/aromatic N) is 3. The van der Waals surface area contributed by atoms with Crippen molar-refractivity contribution in [2.45, 2.75) is 31.8 Å². The zero-order valence-electron chi connectivity index (χ0n) is 16.8. The summed E-state index contributed by atoms with van der Waals surface area (Å²) < 4.78 is 3.70. The second-order valence-corrected chi connectivity index (χ2v) is 8.46. The van der Waals surface area contributed by atoms with Crippen molar-refractivity contribution in [3.63, 3.8) is 0 Å². The number of aromatic hydroxyl groups is 1. The third kappa shape index (κ3) is 2.61. The molecule has 0 unspecified atom stereocenters. The number of carbonyl (C=O) groups excluding carboxylic acids is 2. The molecule has 0 saturated heterocycles. The van der Waals surface area contributed by atoms with E-state index in [0.29, 0.717) is 27.3 Å². The van der Waals surface area contributed by atoms with Crippen molar-refractivity contribution in [3.8, 4) is 5.75 Å². The first kappa shape index (κ1) is 19.6. The number of hydrogen-bond donors (Lipinski definition) is 1. The first-order valence-electron chi connectivity index (χ1n) is 9.77. The van der Waals surface area contributed by atoms with Gasteiger partial charge < -0.3 is 5.11 Å². The van der Waals surface area contributed by atoms with Crippen LogP contribution in [-0.2, 0) is 23.2 Å². The van der Waals surface area contributed by atoms with Gasteiger partial charge in [-0.1, -0.05) is 17.7 Å². The van der Waals surface area contributed by atoms with Crippen molar-refractivity contribution in [2.75, 3.05) is 0 Å². The van der Waals surface area contributed by atoms with Crippen LogP contribution in [0, 0.1) is 0 Å². The summed E-state index contributed by atoms with van der Waals surface area (Å²) in [5, 5.41) is 11.0. The van der Waals surface area contributed by atoms with E-state index in [1.807, 2.05) is 0 Å². The van der Waals surface area contributed by atoms with Crippen molar-refractivity contribution >= 4 is 23.2 Å². The Balaban J connectivity index is 1.82. The standard InChI is InChI=1S/C22H18ClN3O5/c1-10-7-17(28)19-14(20(10)29)9-15-12(18(19)13-8-11(23)3-4-16(13)27)5-6-25-21(30)24(2)22(31)26(15)25/h3-5,7-8,15,18,27H,6,9H2,1-2H3/t15-,18-/m1/s1. The third-order valence-electron chi connectivity index (χ3n) is 6.32. The smallest absolute Gasteiger partial charge is 0.347 e. The van der Waals surface area contributed by atoms with Crippen molar-refractivity contribution < 1.29 is 14.7 Å². The number of halogens is 1. The Morgan fingerprint density at radius 1 is 1.13 bits per heavy atom. The first-order valence-corrected chi connectivity index (χ1v) is 10.2. The van der Waals surface area contributed by atoms with Gasteiger partial charge in [-0.15, -0.1) is 0 Å². The minimum atomic E-state index is -0.760. The Bertz CT molecular complexity index is 1420. The fraction of sp³-hybridized carbons (Fsp3) is 0.273. The van der Waals surface area contributed by atoms with E-state index in [4.69, 9.17) is 11.6 Å². The van der Waals surface area contributed by atoms with Gasteiger partial charge in [-0.2, -0.15) is 0 Å². The Kier molecular flexibility index (Phi) is 4.14. The van der Waals surface area contributed by atoms with Crippen LogP contribution in [0.4, 0.5) is 0 Å². The normalized spacial score (nSPS) is 22.5. The second kappa shape index (κ2) is 6.55. The molecule has 31 heavy (non-hydrogen) atoms. The Morgan fingerprint density at radius 3 is 2.61 bits per heavy atom. The number of Topliss-reactive ketones (excluding diaryl/α,β-unsaturated/α-hetero) is 1. The summed E-state index contributed by atoms with van der Waals surface area (Å²) in [5.41, 5.74) is 1.01. The molecule has 0 fully saturated rings. The molecule has 1 N–H and O–H groups in total. The van der Waals surface area contributed by atoms with Crippen LogP contribution in [0.25, 0.3) is 0 Å². The van der Waals surface area contributed by atoms with E-state index < -0.39 is 23.3 Å². The van der Waals surface area contributed by atoms with Crippen LogP contribution in [0.3, 0.4) is 0 Å². The largest absolute Gasteiger partial charge is 0.508 e. The van der Waals surface area contributed by atoms with Gasteiger partial charge in [0.25, 0.3) is 0 Å². The molecule has 9 heteroatoms. The highest BCUT2D eigenvalue weighted by Crippen LogP contribution is 2.51. The van der Waals surface area contributed by atoms with Crippen LogP contribution in [0.15, 0.2) is 62.2 Å². The highest BCUT2D eigenvalue weighted by molar-refractivity contribution is 6.30. The minimum Gasteiger partial charge on any atom is -0.508 e. The predicted octanol–water partition coefficient (Wildman–Crippen LogP) is 1.77. The van der Waals surface area contributed by atoms with E-state index in [0.717, 1.165) is 4.57 Å². The summed E-state index contributed by atoms with van der Waals surface area (Å²) in [4.78, 5) is 51.4. The van der Waals surface area contributed by atoms with Gasteiger partial charge in [0.15, 0.2) is 11.6 Å². The molecule has 158 valence electrons. The van der Waals surface area contributed by atoms with Crippen LogP contribution in [0.5, 0.6) is 5.75 Å². The Labute approximate surface area is 181 Å². The number of fused-ring (bicyclic) bond motifs is 3. The number of phenolic OH excluding ortho intramolecular Hbond substituents is 1. The molecule has 1 aromatic heterocycles. The van der Waals surface area contributed by atoms with Gasteiger partial charge in [-0.05, 0) is 36.8 Å². The molecular weight excluding hydrogens is 422 g/mol.